The molecule has 2 aromatic rings. The third-order valence-electron chi connectivity index (χ3n) is 5.85. The van der Waals surface area contributed by atoms with Crippen molar-refractivity contribution in [2.75, 3.05) is 25.5 Å². The van der Waals surface area contributed by atoms with Gasteiger partial charge in [-0.15, -0.1) is 0 Å². The first-order valence-electron chi connectivity index (χ1n) is 10.8. The van der Waals surface area contributed by atoms with E-state index in [2.05, 4.69) is 5.32 Å². The number of anilines is 1. The molecule has 1 fully saturated rings. The highest BCUT2D eigenvalue weighted by atomic mass is 16.5. The van der Waals surface area contributed by atoms with Gasteiger partial charge in [-0.25, -0.2) is 0 Å². The summed E-state index contributed by atoms with van der Waals surface area (Å²) in [7, 11) is 1.66. The molecule has 3 rings (SSSR count). The molecule has 5 heteroatoms. The third kappa shape index (κ3) is 6.34. The minimum Gasteiger partial charge on any atom is -0.496 e. The summed E-state index contributed by atoms with van der Waals surface area (Å²) >= 11 is 0. The molecule has 0 radical (unpaired) electrons. The van der Waals surface area contributed by atoms with Gasteiger partial charge in [0.05, 0.1) is 7.11 Å². The average Bonchev–Trinajstić information content (AvgIpc) is 2.76. The molecule has 0 bridgehead atoms. The van der Waals surface area contributed by atoms with E-state index in [1.807, 2.05) is 60.4 Å². The molecule has 0 spiro atoms. The summed E-state index contributed by atoms with van der Waals surface area (Å²) in [6.45, 7) is 3.59. The average molecular weight is 409 g/mol. The lowest BCUT2D eigenvalue weighted by Crippen LogP contribution is -2.38. The van der Waals surface area contributed by atoms with E-state index in [4.69, 9.17) is 4.74 Å². The van der Waals surface area contributed by atoms with Crippen molar-refractivity contribution in [3.8, 4) is 5.75 Å². The predicted octanol–water partition coefficient (Wildman–Crippen LogP) is 4.59. The largest absolute Gasteiger partial charge is 0.496 e. The molecular formula is C25H32N2O3. The van der Waals surface area contributed by atoms with Crippen LogP contribution in [0.2, 0.25) is 0 Å². The Bertz CT molecular complexity index is 857. The summed E-state index contributed by atoms with van der Waals surface area (Å²) in [5.74, 6) is 1.62. The van der Waals surface area contributed by atoms with Crippen LogP contribution in [-0.2, 0) is 16.0 Å². The Labute approximate surface area is 179 Å². The van der Waals surface area contributed by atoms with Gasteiger partial charge in [0.2, 0.25) is 11.8 Å². The molecule has 2 aromatic carbocycles. The molecule has 2 amide bonds. The van der Waals surface area contributed by atoms with E-state index >= 15 is 0 Å². The van der Waals surface area contributed by atoms with Crippen molar-refractivity contribution < 1.29 is 14.3 Å². The summed E-state index contributed by atoms with van der Waals surface area (Å²) in [5.41, 5.74) is 3.06. The second kappa shape index (κ2) is 10.8. The highest BCUT2D eigenvalue weighted by Gasteiger charge is 2.23. The number of likely N-dealkylation sites (tertiary alicyclic amines) is 1. The maximum Gasteiger partial charge on any atom is 0.224 e. The Morgan fingerprint density at radius 2 is 1.83 bits per heavy atom. The fourth-order valence-corrected chi connectivity index (χ4v) is 4.06. The maximum absolute atomic E-state index is 12.6. The SMILES string of the molecule is COc1ccccc1CCC(=O)N1CCC(CCC(=O)Nc2cccc(C)c2)CC1. The van der Waals surface area contributed by atoms with Crippen LogP contribution < -0.4 is 10.1 Å². The maximum atomic E-state index is 12.6. The molecule has 0 saturated carbocycles. The monoisotopic (exact) mass is 408 g/mol. The minimum absolute atomic E-state index is 0.0657. The van der Waals surface area contributed by atoms with Crippen LogP contribution >= 0.6 is 0 Å². The van der Waals surface area contributed by atoms with Crippen LogP contribution in [0.3, 0.4) is 0 Å². The number of carbonyl (C=O) groups is 2. The van der Waals surface area contributed by atoms with Crippen LogP contribution in [0.1, 0.15) is 43.2 Å². The lowest BCUT2D eigenvalue weighted by molar-refractivity contribution is -0.132. The minimum atomic E-state index is 0.0657. The predicted molar refractivity (Wildman–Crippen MR) is 120 cm³/mol. The Hall–Kier alpha value is -2.82. The molecule has 5 nitrogen and oxygen atoms in total. The lowest BCUT2D eigenvalue weighted by atomic mass is 9.91. The highest BCUT2D eigenvalue weighted by Crippen LogP contribution is 2.24. The Morgan fingerprint density at radius 3 is 2.57 bits per heavy atom. The fourth-order valence-electron chi connectivity index (χ4n) is 4.06. The van der Waals surface area contributed by atoms with Crippen LogP contribution in [0, 0.1) is 12.8 Å². The number of benzene rings is 2. The standard InChI is InChI=1S/C25H32N2O3/c1-19-6-5-8-22(18-19)26-24(28)12-10-20-14-16-27(17-15-20)25(29)13-11-21-7-3-4-9-23(21)30-2/h3-9,18,20H,10-17H2,1-2H3,(H,26,28). The first-order chi connectivity index (χ1) is 14.5. The Kier molecular flexibility index (Phi) is 7.89. The van der Waals surface area contributed by atoms with Crippen molar-refractivity contribution in [3.63, 3.8) is 0 Å². The van der Waals surface area contributed by atoms with E-state index in [0.29, 0.717) is 25.2 Å². The summed E-state index contributed by atoms with van der Waals surface area (Å²) in [6, 6.07) is 15.7. The molecule has 1 aliphatic rings. The van der Waals surface area contributed by atoms with Crippen molar-refractivity contribution in [2.45, 2.75) is 45.4 Å². The number of nitrogens with zero attached hydrogens (tertiary/aromatic N) is 1. The van der Waals surface area contributed by atoms with E-state index in [1.54, 1.807) is 7.11 Å². The van der Waals surface area contributed by atoms with Crippen LogP contribution in [0.5, 0.6) is 5.75 Å². The number of methoxy groups -OCH3 is 1. The van der Waals surface area contributed by atoms with Gasteiger partial charge < -0.3 is 15.0 Å². The molecule has 1 aliphatic heterocycles. The third-order valence-corrected chi connectivity index (χ3v) is 5.85. The first-order valence-corrected chi connectivity index (χ1v) is 10.8. The van der Waals surface area contributed by atoms with Crippen LogP contribution in [0.4, 0.5) is 5.69 Å². The number of nitrogens with one attached hydrogen (secondary N) is 1. The number of carbonyl (C=O) groups excluding carboxylic acids is 2. The lowest BCUT2D eigenvalue weighted by Gasteiger charge is -2.32. The zero-order chi connectivity index (χ0) is 21.3. The van der Waals surface area contributed by atoms with E-state index in [9.17, 15) is 9.59 Å². The molecular weight excluding hydrogens is 376 g/mol. The number of amides is 2. The zero-order valence-electron chi connectivity index (χ0n) is 18.0. The van der Waals surface area contributed by atoms with Gasteiger partial charge in [0.15, 0.2) is 0 Å². The van der Waals surface area contributed by atoms with Gasteiger partial charge in [0.1, 0.15) is 5.75 Å². The molecule has 30 heavy (non-hydrogen) atoms. The number of para-hydroxylation sites is 1. The number of ether oxygens (including phenoxy) is 1. The summed E-state index contributed by atoms with van der Waals surface area (Å²) in [4.78, 5) is 26.8. The summed E-state index contributed by atoms with van der Waals surface area (Å²) in [6.07, 6.45) is 4.54. The van der Waals surface area contributed by atoms with Crippen molar-refractivity contribution in [2.24, 2.45) is 5.92 Å². The first kappa shape index (κ1) is 21.9. The van der Waals surface area contributed by atoms with Gasteiger partial charge in [-0.1, -0.05) is 30.3 Å². The topological polar surface area (TPSA) is 58.6 Å². The molecule has 0 aromatic heterocycles. The van der Waals surface area contributed by atoms with E-state index in [-0.39, 0.29) is 11.8 Å². The fraction of sp³-hybridized carbons (Fsp3) is 0.440. The van der Waals surface area contributed by atoms with Gasteiger partial charge in [-0.05, 0) is 67.9 Å². The van der Waals surface area contributed by atoms with Crippen molar-refractivity contribution in [1.82, 2.24) is 4.90 Å². The Balaban J connectivity index is 1.37. The zero-order valence-corrected chi connectivity index (χ0v) is 18.0. The van der Waals surface area contributed by atoms with Crippen molar-refractivity contribution in [3.05, 3.63) is 59.7 Å². The number of piperidine rings is 1. The van der Waals surface area contributed by atoms with E-state index < -0.39 is 0 Å². The van der Waals surface area contributed by atoms with Crippen LogP contribution in [0.15, 0.2) is 48.5 Å². The molecule has 0 unspecified atom stereocenters. The molecule has 1 heterocycles. The van der Waals surface area contributed by atoms with E-state index in [1.165, 1.54) is 0 Å². The normalized spacial score (nSPS) is 14.4. The molecule has 0 aliphatic carbocycles. The van der Waals surface area contributed by atoms with Crippen LogP contribution in [0.25, 0.3) is 0 Å². The molecule has 1 N–H and O–H groups in total. The van der Waals surface area contributed by atoms with Gasteiger partial charge >= 0.3 is 0 Å². The second-order valence-corrected chi connectivity index (χ2v) is 8.09. The van der Waals surface area contributed by atoms with Crippen molar-refractivity contribution in [1.29, 1.82) is 0 Å². The Morgan fingerprint density at radius 1 is 1.07 bits per heavy atom. The number of aryl methyl sites for hydroxylation is 2. The summed E-state index contributed by atoms with van der Waals surface area (Å²) < 4.78 is 5.37. The van der Waals surface area contributed by atoms with Gasteiger partial charge in [-0.2, -0.15) is 0 Å². The number of hydrogen-bond donors (Lipinski definition) is 1. The van der Waals surface area contributed by atoms with Crippen molar-refractivity contribution >= 4 is 17.5 Å². The summed E-state index contributed by atoms with van der Waals surface area (Å²) in [5, 5.41) is 2.98. The van der Waals surface area contributed by atoms with E-state index in [0.717, 1.165) is 54.9 Å². The second-order valence-electron chi connectivity index (χ2n) is 8.09. The van der Waals surface area contributed by atoms with Gasteiger partial charge in [0.25, 0.3) is 0 Å². The molecule has 0 atom stereocenters. The number of rotatable bonds is 8. The number of hydrogen-bond acceptors (Lipinski definition) is 3. The van der Waals surface area contributed by atoms with Gasteiger partial charge in [0, 0.05) is 31.6 Å². The molecule has 1 saturated heterocycles. The van der Waals surface area contributed by atoms with Gasteiger partial charge in [-0.3, -0.25) is 9.59 Å². The van der Waals surface area contributed by atoms with Crippen LogP contribution in [-0.4, -0.2) is 36.9 Å². The quantitative estimate of drug-likeness (QED) is 0.695. The molecule has 160 valence electrons. The highest BCUT2D eigenvalue weighted by molar-refractivity contribution is 5.90. The smallest absolute Gasteiger partial charge is 0.224 e.